The number of ether oxygens (including phenoxy) is 2. The van der Waals surface area contributed by atoms with Crippen LogP contribution in [0.4, 0.5) is 9.18 Å². The van der Waals surface area contributed by atoms with Gasteiger partial charge in [-0.3, -0.25) is 14.5 Å². The number of halogens is 2. The van der Waals surface area contributed by atoms with E-state index in [-0.39, 0.29) is 23.6 Å². The van der Waals surface area contributed by atoms with Crippen LogP contribution in [0.1, 0.15) is 25.0 Å². The van der Waals surface area contributed by atoms with E-state index in [0.29, 0.717) is 45.2 Å². The summed E-state index contributed by atoms with van der Waals surface area (Å²) >= 11 is 4.37. The van der Waals surface area contributed by atoms with Crippen molar-refractivity contribution < 1.29 is 23.5 Å². The fourth-order valence-corrected chi connectivity index (χ4v) is 4.24. The summed E-state index contributed by atoms with van der Waals surface area (Å²) in [5.74, 6) is 0.245. The molecule has 3 rings (SSSR count). The zero-order valence-electron chi connectivity index (χ0n) is 15.9. The fourth-order valence-electron chi connectivity index (χ4n) is 2.76. The van der Waals surface area contributed by atoms with E-state index in [1.807, 2.05) is 6.92 Å². The van der Waals surface area contributed by atoms with Gasteiger partial charge in [-0.25, -0.2) is 4.39 Å². The second-order valence-electron chi connectivity index (χ2n) is 6.07. The molecule has 2 amide bonds. The van der Waals surface area contributed by atoms with Crippen LogP contribution in [-0.2, 0) is 11.4 Å². The molecule has 2 aromatic rings. The molecule has 152 valence electrons. The number of amides is 2. The summed E-state index contributed by atoms with van der Waals surface area (Å²) in [5.41, 5.74) is 1.11. The van der Waals surface area contributed by atoms with Crippen molar-refractivity contribution in [3.8, 4) is 11.5 Å². The van der Waals surface area contributed by atoms with Crippen LogP contribution in [0.5, 0.6) is 11.5 Å². The molecule has 0 saturated carbocycles. The Kier molecular flexibility index (Phi) is 6.97. The van der Waals surface area contributed by atoms with E-state index in [4.69, 9.17) is 9.47 Å². The highest BCUT2D eigenvalue weighted by Crippen LogP contribution is 2.39. The van der Waals surface area contributed by atoms with Crippen LogP contribution in [-0.4, -0.2) is 29.2 Å². The predicted molar refractivity (Wildman–Crippen MR) is 114 cm³/mol. The minimum atomic E-state index is -0.343. The molecule has 8 heteroatoms. The second kappa shape index (κ2) is 9.45. The number of likely N-dealkylation sites (N-methyl/N-ethyl adjacent to an activating group) is 1. The van der Waals surface area contributed by atoms with Gasteiger partial charge in [0.15, 0.2) is 11.5 Å². The highest BCUT2D eigenvalue weighted by atomic mass is 79.9. The minimum Gasteiger partial charge on any atom is -0.490 e. The third-order valence-electron chi connectivity index (χ3n) is 4.15. The van der Waals surface area contributed by atoms with E-state index in [1.54, 1.807) is 43.3 Å². The predicted octanol–water partition coefficient (Wildman–Crippen LogP) is 5.62. The molecular formula is C21H19BrFNO4S. The highest BCUT2D eigenvalue weighted by Gasteiger charge is 2.33. The third kappa shape index (κ3) is 4.82. The van der Waals surface area contributed by atoms with Gasteiger partial charge in [-0.1, -0.05) is 18.2 Å². The van der Waals surface area contributed by atoms with E-state index in [1.165, 1.54) is 11.0 Å². The molecule has 0 radical (unpaired) electrons. The lowest BCUT2D eigenvalue weighted by molar-refractivity contribution is -0.122. The monoisotopic (exact) mass is 479 g/mol. The molecule has 1 aliphatic rings. The number of carbonyl (C=O) groups excluding carboxylic acids is 2. The molecule has 1 heterocycles. The topological polar surface area (TPSA) is 55.8 Å². The zero-order chi connectivity index (χ0) is 21.0. The lowest BCUT2D eigenvalue weighted by atomic mass is 10.1. The summed E-state index contributed by atoms with van der Waals surface area (Å²) in [4.78, 5) is 25.8. The molecule has 1 saturated heterocycles. The molecular weight excluding hydrogens is 461 g/mol. The molecule has 0 unspecified atom stereocenters. The number of nitrogens with zero attached hydrogens (tertiary/aromatic N) is 1. The molecule has 1 fully saturated rings. The van der Waals surface area contributed by atoms with Crippen LogP contribution in [0.25, 0.3) is 6.08 Å². The van der Waals surface area contributed by atoms with E-state index >= 15 is 0 Å². The van der Waals surface area contributed by atoms with E-state index in [2.05, 4.69) is 15.9 Å². The highest BCUT2D eigenvalue weighted by molar-refractivity contribution is 9.10. The summed E-state index contributed by atoms with van der Waals surface area (Å²) < 4.78 is 26.0. The average Bonchev–Trinajstić information content (AvgIpc) is 2.95. The summed E-state index contributed by atoms with van der Waals surface area (Å²) in [6, 6.07) is 9.89. The van der Waals surface area contributed by atoms with Gasteiger partial charge in [0, 0.05) is 12.1 Å². The van der Waals surface area contributed by atoms with E-state index in [0.717, 1.165) is 11.8 Å². The van der Waals surface area contributed by atoms with Crippen LogP contribution in [0.2, 0.25) is 0 Å². The maximum absolute atomic E-state index is 13.9. The van der Waals surface area contributed by atoms with Gasteiger partial charge in [0.25, 0.3) is 11.1 Å². The number of thioether (sulfide) groups is 1. The van der Waals surface area contributed by atoms with Crippen molar-refractivity contribution in [2.75, 3.05) is 13.2 Å². The Bertz CT molecular complexity index is 979. The van der Waals surface area contributed by atoms with Crippen molar-refractivity contribution in [1.82, 2.24) is 4.90 Å². The van der Waals surface area contributed by atoms with Crippen molar-refractivity contribution >= 4 is 44.9 Å². The average molecular weight is 480 g/mol. The van der Waals surface area contributed by atoms with Gasteiger partial charge in [0.2, 0.25) is 0 Å². The molecule has 2 aromatic carbocycles. The molecule has 0 N–H and O–H groups in total. The smallest absolute Gasteiger partial charge is 0.293 e. The van der Waals surface area contributed by atoms with Crippen LogP contribution in [0.3, 0.4) is 0 Å². The molecule has 0 atom stereocenters. The van der Waals surface area contributed by atoms with Crippen molar-refractivity contribution in [2.45, 2.75) is 20.5 Å². The first-order chi connectivity index (χ1) is 13.9. The molecule has 1 aliphatic heterocycles. The molecule has 5 nitrogen and oxygen atoms in total. The number of carbonyl (C=O) groups is 2. The van der Waals surface area contributed by atoms with Crippen LogP contribution in [0, 0.1) is 5.82 Å². The standard InChI is InChI=1S/C21H19BrFNO4S/c1-3-24-20(25)18(29-21(24)26)11-13-9-15(22)19(17(10-13)27-4-2)28-12-14-7-5-6-8-16(14)23/h5-11H,3-4,12H2,1-2H3/b18-11-. The number of benzene rings is 2. The number of imide groups is 1. The van der Waals surface area contributed by atoms with Crippen molar-refractivity contribution in [3.63, 3.8) is 0 Å². The zero-order valence-corrected chi connectivity index (χ0v) is 18.3. The summed E-state index contributed by atoms with van der Waals surface area (Å²) in [5, 5.41) is -0.280. The van der Waals surface area contributed by atoms with Gasteiger partial charge in [-0.2, -0.15) is 0 Å². The molecule has 0 aromatic heterocycles. The third-order valence-corrected chi connectivity index (χ3v) is 5.65. The van der Waals surface area contributed by atoms with Gasteiger partial charge < -0.3 is 9.47 Å². The Morgan fingerprint density at radius 1 is 1.17 bits per heavy atom. The first-order valence-electron chi connectivity index (χ1n) is 9.02. The first-order valence-corrected chi connectivity index (χ1v) is 10.6. The lowest BCUT2D eigenvalue weighted by Gasteiger charge is -2.15. The Morgan fingerprint density at radius 3 is 2.59 bits per heavy atom. The van der Waals surface area contributed by atoms with Gasteiger partial charge in [-0.15, -0.1) is 0 Å². The molecule has 0 bridgehead atoms. The molecule has 29 heavy (non-hydrogen) atoms. The maximum Gasteiger partial charge on any atom is 0.293 e. The Balaban J connectivity index is 1.89. The van der Waals surface area contributed by atoms with Crippen LogP contribution in [0.15, 0.2) is 45.8 Å². The SMILES string of the molecule is CCOc1cc(/C=C2\SC(=O)N(CC)C2=O)cc(Br)c1OCc1ccccc1F. The minimum absolute atomic E-state index is 0.0417. The summed E-state index contributed by atoms with van der Waals surface area (Å²) in [7, 11) is 0. The van der Waals surface area contributed by atoms with Gasteiger partial charge in [0.1, 0.15) is 12.4 Å². The van der Waals surface area contributed by atoms with Crippen molar-refractivity contribution in [1.29, 1.82) is 0 Å². The van der Waals surface area contributed by atoms with Crippen molar-refractivity contribution in [2.24, 2.45) is 0 Å². The first kappa shape index (κ1) is 21.4. The summed E-state index contributed by atoms with van der Waals surface area (Å²) in [6.45, 7) is 4.37. The van der Waals surface area contributed by atoms with Gasteiger partial charge in [-0.05, 0) is 71.4 Å². The maximum atomic E-state index is 13.9. The Labute approximate surface area is 181 Å². The number of hydrogen-bond acceptors (Lipinski definition) is 5. The normalized spacial score (nSPS) is 15.3. The number of hydrogen-bond donors (Lipinski definition) is 0. The summed E-state index contributed by atoms with van der Waals surface area (Å²) in [6.07, 6.45) is 1.65. The molecule has 0 aliphatic carbocycles. The van der Waals surface area contributed by atoms with Crippen LogP contribution < -0.4 is 9.47 Å². The lowest BCUT2D eigenvalue weighted by Crippen LogP contribution is -2.27. The largest absolute Gasteiger partial charge is 0.490 e. The molecule has 0 spiro atoms. The Morgan fingerprint density at radius 2 is 1.93 bits per heavy atom. The fraction of sp³-hybridized carbons (Fsp3) is 0.238. The van der Waals surface area contributed by atoms with Gasteiger partial charge in [0.05, 0.1) is 16.0 Å². The van der Waals surface area contributed by atoms with Crippen LogP contribution >= 0.6 is 27.7 Å². The second-order valence-corrected chi connectivity index (χ2v) is 7.92. The van der Waals surface area contributed by atoms with E-state index < -0.39 is 0 Å². The Hall–Kier alpha value is -2.32. The van der Waals surface area contributed by atoms with E-state index in [9.17, 15) is 14.0 Å². The number of rotatable bonds is 7. The van der Waals surface area contributed by atoms with Gasteiger partial charge >= 0.3 is 0 Å². The van der Waals surface area contributed by atoms with Crippen molar-refractivity contribution in [3.05, 3.63) is 62.7 Å². The quantitative estimate of drug-likeness (QED) is 0.482.